The molecule has 1 aliphatic heterocycles. The minimum atomic E-state index is -4.40. The lowest BCUT2D eigenvalue weighted by Gasteiger charge is -2.40. The van der Waals surface area contributed by atoms with Gasteiger partial charge in [0.05, 0.1) is 16.5 Å². The van der Waals surface area contributed by atoms with Crippen molar-refractivity contribution < 1.29 is 56.8 Å². The van der Waals surface area contributed by atoms with Crippen LogP contribution < -0.4 is 5.56 Å². The molecule has 336 valence electrons. The Labute approximate surface area is 359 Å². The number of para-hydroxylation sites is 1. The molecular formula is C46H49F5N4O8. The van der Waals surface area contributed by atoms with Crippen molar-refractivity contribution in [2.75, 3.05) is 13.1 Å². The summed E-state index contributed by atoms with van der Waals surface area (Å²) in [7, 11) is 0. The molecule has 17 heteroatoms. The number of aliphatic carboxylic acids is 2. The van der Waals surface area contributed by atoms with Crippen LogP contribution in [0.4, 0.5) is 22.0 Å². The average Bonchev–Trinajstić information content (AvgIpc) is 3.26. The number of likely N-dealkylation sites (tertiary alicyclic amines) is 1. The first kappa shape index (κ1) is 48.0. The number of halogens is 5. The number of hydrogen-bond donors (Lipinski definition) is 4. The molecule has 12 nitrogen and oxygen atoms in total. The van der Waals surface area contributed by atoms with E-state index in [2.05, 4.69) is 23.7 Å². The van der Waals surface area contributed by atoms with Gasteiger partial charge in [0.15, 0.2) is 23.8 Å². The van der Waals surface area contributed by atoms with Crippen LogP contribution in [-0.2, 0) is 46.5 Å². The molecule has 4 N–H and O–H groups in total. The van der Waals surface area contributed by atoms with Gasteiger partial charge in [0, 0.05) is 51.1 Å². The van der Waals surface area contributed by atoms with Gasteiger partial charge in [-0.1, -0.05) is 60.7 Å². The highest BCUT2D eigenvalue weighted by molar-refractivity contribution is 5.83. The molecule has 2 atom stereocenters. The SMILES string of the molecule is CC(C)N1CCC(N(Cc2ccc(-c3ccc(C(F)(F)F)cc3)cc2)C(=O)CCCn2c(CCc3cccc(F)c3F)nc(=O)c3ccccc32)CC1.O=C(O)[C@H](O)[C@@H](O)C(=O)O. The number of aryl methyl sites for hydroxylation is 3. The molecule has 6 rings (SSSR count). The number of hydrogen-bond acceptors (Lipinski definition) is 8. The number of piperidine rings is 1. The van der Waals surface area contributed by atoms with Crippen LogP contribution in [0.2, 0.25) is 0 Å². The predicted octanol–water partition coefficient (Wildman–Crippen LogP) is 6.70. The van der Waals surface area contributed by atoms with Gasteiger partial charge in [-0.05, 0) is 92.1 Å². The summed E-state index contributed by atoms with van der Waals surface area (Å²) >= 11 is 0. The van der Waals surface area contributed by atoms with E-state index >= 15 is 0 Å². The molecule has 63 heavy (non-hydrogen) atoms. The highest BCUT2D eigenvalue weighted by atomic mass is 19.4. The van der Waals surface area contributed by atoms with E-state index in [0.717, 1.165) is 55.3 Å². The van der Waals surface area contributed by atoms with Crippen LogP contribution in [-0.4, -0.2) is 95.0 Å². The van der Waals surface area contributed by atoms with E-state index in [1.807, 2.05) is 45.9 Å². The van der Waals surface area contributed by atoms with Gasteiger partial charge in [0.1, 0.15) is 5.82 Å². The summed E-state index contributed by atoms with van der Waals surface area (Å²) in [6.07, 6.45) is -6.21. The van der Waals surface area contributed by atoms with Gasteiger partial charge < -0.3 is 34.8 Å². The first-order valence-electron chi connectivity index (χ1n) is 20.4. The molecule has 1 fully saturated rings. The summed E-state index contributed by atoms with van der Waals surface area (Å²) in [6, 6.07) is 24.3. The Morgan fingerprint density at radius 3 is 1.97 bits per heavy atom. The minimum Gasteiger partial charge on any atom is -0.479 e. The van der Waals surface area contributed by atoms with Crippen molar-refractivity contribution in [3.8, 4) is 11.1 Å². The standard InChI is InChI=1S/C42H43F5N4O2.C4H6O6/c1-28(2)49-25-22-34(23-26-49)51(27-29-12-14-30(15-13-29)31-16-19-33(20-17-31)42(45,46)47)39(52)11-6-24-50-37-10-4-3-8-35(37)41(53)48-38(50)21-18-32-7-5-9-36(43)40(32)44;5-1(3(7)8)2(6)4(9)10/h3-5,7-10,12-17,19-20,28,34H,6,11,18,21-27H2,1-2H3;1-2,5-6H,(H,7,8)(H,9,10)/t;1-,2-/m.1/s1. The van der Waals surface area contributed by atoms with Crippen molar-refractivity contribution in [3.63, 3.8) is 0 Å². The highest BCUT2D eigenvalue weighted by Crippen LogP contribution is 2.31. The van der Waals surface area contributed by atoms with Gasteiger partial charge in [0.25, 0.3) is 5.56 Å². The zero-order chi connectivity index (χ0) is 46.0. The number of nitrogens with zero attached hydrogens (tertiary/aromatic N) is 4. The largest absolute Gasteiger partial charge is 0.479 e. The Morgan fingerprint density at radius 2 is 1.40 bits per heavy atom. The van der Waals surface area contributed by atoms with Gasteiger partial charge >= 0.3 is 18.1 Å². The van der Waals surface area contributed by atoms with Crippen LogP contribution in [0.1, 0.15) is 62.0 Å². The van der Waals surface area contributed by atoms with Crippen LogP contribution in [0.15, 0.2) is 95.8 Å². The first-order valence-corrected chi connectivity index (χ1v) is 20.4. The second kappa shape index (κ2) is 21.4. The normalized spacial score (nSPS) is 14.5. The Balaban J connectivity index is 0.000000667. The van der Waals surface area contributed by atoms with Crippen molar-refractivity contribution in [2.24, 2.45) is 0 Å². The van der Waals surface area contributed by atoms with E-state index in [9.17, 15) is 41.1 Å². The van der Waals surface area contributed by atoms with Gasteiger partial charge in [0.2, 0.25) is 5.91 Å². The van der Waals surface area contributed by atoms with E-state index < -0.39 is 53.1 Å². The van der Waals surface area contributed by atoms with Crippen LogP contribution in [0.3, 0.4) is 0 Å². The molecule has 0 spiro atoms. The summed E-state index contributed by atoms with van der Waals surface area (Å²) in [5, 5.41) is 33.0. The zero-order valence-corrected chi connectivity index (χ0v) is 34.6. The third-order valence-electron chi connectivity index (χ3n) is 11.0. The number of carbonyl (C=O) groups is 3. The summed E-state index contributed by atoms with van der Waals surface area (Å²) in [4.78, 5) is 55.3. The molecule has 0 saturated carbocycles. The number of aromatic nitrogens is 2. The molecule has 4 aromatic carbocycles. The molecule has 5 aromatic rings. The topological polar surface area (TPSA) is 174 Å². The maximum Gasteiger partial charge on any atom is 0.416 e. The third-order valence-corrected chi connectivity index (χ3v) is 11.0. The van der Waals surface area contributed by atoms with Crippen molar-refractivity contribution in [3.05, 3.63) is 135 Å². The minimum absolute atomic E-state index is 0.00139. The Morgan fingerprint density at radius 1 is 0.810 bits per heavy atom. The van der Waals surface area contributed by atoms with E-state index in [4.69, 9.17) is 20.4 Å². The van der Waals surface area contributed by atoms with E-state index in [1.165, 1.54) is 24.3 Å². The van der Waals surface area contributed by atoms with Crippen LogP contribution >= 0.6 is 0 Å². The first-order chi connectivity index (χ1) is 29.8. The van der Waals surface area contributed by atoms with E-state index in [0.29, 0.717) is 47.8 Å². The number of carbonyl (C=O) groups excluding carboxylic acids is 1. The molecule has 1 aromatic heterocycles. The van der Waals surface area contributed by atoms with E-state index in [1.54, 1.807) is 12.1 Å². The molecule has 0 bridgehead atoms. The Kier molecular flexibility index (Phi) is 16.3. The lowest BCUT2D eigenvalue weighted by atomic mass is 9.99. The molecule has 0 aliphatic carbocycles. The Bertz CT molecular complexity index is 2400. The van der Waals surface area contributed by atoms with Crippen LogP contribution in [0.25, 0.3) is 22.0 Å². The van der Waals surface area contributed by atoms with Crippen LogP contribution in [0, 0.1) is 11.6 Å². The molecule has 0 radical (unpaired) electrons. The quantitative estimate of drug-likeness (QED) is 0.0829. The number of aliphatic hydroxyl groups is 2. The van der Waals surface area contributed by atoms with Crippen molar-refractivity contribution in [1.82, 2.24) is 19.4 Å². The number of aliphatic hydroxyl groups excluding tert-OH is 2. The predicted molar refractivity (Wildman–Crippen MR) is 223 cm³/mol. The summed E-state index contributed by atoms with van der Waals surface area (Å²) in [5.41, 5.74) is 2.14. The maximum absolute atomic E-state index is 14.5. The van der Waals surface area contributed by atoms with Gasteiger partial charge in [-0.15, -0.1) is 0 Å². The zero-order valence-electron chi connectivity index (χ0n) is 34.6. The van der Waals surface area contributed by atoms with Crippen molar-refractivity contribution >= 4 is 28.7 Å². The second-order valence-corrected chi connectivity index (χ2v) is 15.5. The van der Waals surface area contributed by atoms with Gasteiger partial charge in [-0.2, -0.15) is 18.2 Å². The highest BCUT2D eigenvalue weighted by Gasteiger charge is 2.31. The molecule has 1 saturated heterocycles. The fraction of sp³-hybridized carbons (Fsp3) is 0.370. The number of alkyl halides is 3. The van der Waals surface area contributed by atoms with Gasteiger partial charge in [-0.25, -0.2) is 18.4 Å². The molecule has 2 heterocycles. The number of rotatable bonds is 15. The fourth-order valence-corrected chi connectivity index (χ4v) is 7.48. The summed E-state index contributed by atoms with van der Waals surface area (Å²) in [5.74, 6) is -4.94. The molecular weight excluding hydrogens is 832 g/mol. The second-order valence-electron chi connectivity index (χ2n) is 15.5. The number of fused-ring (bicyclic) bond motifs is 1. The average molecular weight is 881 g/mol. The smallest absolute Gasteiger partial charge is 0.416 e. The van der Waals surface area contributed by atoms with Crippen molar-refractivity contribution in [2.45, 2.75) is 95.9 Å². The third kappa shape index (κ3) is 12.5. The van der Waals surface area contributed by atoms with E-state index in [-0.39, 0.29) is 36.8 Å². The lowest BCUT2D eigenvalue weighted by Crippen LogP contribution is -2.48. The fourth-order valence-electron chi connectivity index (χ4n) is 7.48. The lowest BCUT2D eigenvalue weighted by molar-refractivity contribution is -0.165. The number of carboxylic acids is 2. The summed E-state index contributed by atoms with van der Waals surface area (Å²) < 4.78 is 69.5. The van der Waals surface area contributed by atoms with Gasteiger partial charge in [-0.3, -0.25) is 9.59 Å². The molecule has 1 aliphatic rings. The monoisotopic (exact) mass is 880 g/mol. The molecule has 0 unspecified atom stereocenters. The Hall–Kier alpha value is -6.04. The number of benzene rings is 4. The number of carboxylic acid groups (broad SMARTS) is 2. The van der Waals surface area contributed by atoms with Crippen molar-refractivity contribution in [1.29, 1.82) is 0 Å². The van der Waals surface area contributed by atoms with Crippen LogP contribution in [0.5, 0.6) is 0 Å². The molecule has 1 amide bonds. The maximum atomic E-state index is 14.5. The summed E-state index contributed by atoms with van der Waals surface area (Å²) in [6.45, 7) is 6.87. The number of amides is 1.